The fourth-order valence-electron chi connectivity index (χ4n) is 2.72. The van der Waals surface area contributed by atoms with E-state index in [1.807, 2.05) is 51.1 Å². The molecule has 26 heavy (non-hydrogen) atoms. The second-order valence-corrected chi connectivity index (χ2v) is 8.19. The minimum Gasteiger partial charge on any atom is -0.496 e. The number of hydrogen-bond donors (Lipinski definition) is 0. The summed E-state index contributed by atoms with van der Waals surface area (Å²) in [5.74, 6) is 0.928. The molecule has 0 atom stereocenters. The number of hydrogen-bond acceptors (Lipinski definition) is 5. The van der Waals surface area contributed by atoms with Crippen molar-refractivity contribution in [3.63, 3.8) is 0 Å². The second kappa shape index (κ2) is 7.23. The number of carbonyl (C=O) groups excluding carboxylic acids is 1. The summed E-state index contributed by atoms with van der Waals surface area (Å²) in [6.45, 7) is 6.80. The quantitative estimate of drug-likeness (QED) is 0.743. The van der Waals surface area contributed by atoms with E-state index in [4.69, 9.17) is 9.47 Å². The van der Waals surface area contributed by atoms with Crippen LogP contribution in [0.5, 0.6) is 5.75 Å². The summed E-state index contributed by atoms with van der Waals surface area (Å²) >= 11 is 3.43. The highest BCUT2D eigenvalue weighted by atomic mass is 79.9. The molecule has 1 aromatic heterocycles. The number of halogens is 1. The molecule has 0 unspecified atom stereocenters. The van der Waals surface area contributed by atoms with Gasteiger partial charge >= 0.3 is 6.09 Å². The third-order valence-corrected chi connectivity index (χ3v) is 4.57. The van der Waals surface area contributed by atoms with Crippen molar-refractivity contribution in [2.24, 2.45) is 0 Å². The Morgan fingerprint density at radius 3 is 2.50 bits per heavy atom. The lowest BCUT2D eigenvalue weighted by Crippen LogP contribution is -2.50. The van der Waals surface area contributed by atoms with E-state index in [0.29, 0.717) is 13.1 Å². The fourth-order valence-corrected chi connectivity index (χ4v) is 3.06. The van der Waals surface area contributed by atoms with Crippen LogP contribution in [0.3, 0.4) is 0 Å². The number of carbonyl (C=O) groups is 1. The van der Waals surface area contributed by atoms with Gasteiger partial charge in [0.25, 0.3) is 0 Å². The van der Waals surface area contributed by atoms with Crippen LogP contribution < -0.4 is 4.74 Å². The van der Waals surface area contributed by atoms with Gasteiger partial charge in [0.2, 0.25) is 0 Å². The summed E-state index contributed by atoms with van der Waals surface area (Å²) in [4.78, 5) is 13.7. The SMILES string of the molecule is COc1cc(Br)ccc1-c1ccc(C2CN(C(=O)OC(C)(C)C)C2)nn1. The Labute approximate surface area is 161 Å². The number of nitrogens with zero attached hydrogens (tertiary/aromatic N) is 3. The van der Waals surface area contributed by atoms with Crippen LogP contribution in [0, 0.1) is 0 Å². The Balaban J connectivity index is 1.66. The maximum Gasteiger partial charge on any atom is 0.410 e. The lowest BCUT2D eigenvalue weighted by atomic mass is 9.96. The summed E-state index contributed by atoms with van der Waals surface area (Å²) in [5.41, 5.74) is 2.04. The lowest BCUT2D eigenvalue weighted by molar-refractivity contribution is 0.00780. The first-order valence-electron chi connectivity index (χ1n) is 8.42. The number of aromatic nitrogens is 2. The van der Waals surface area contributed by atoms with Gasteiger partial charge in [0, 0.05) is 29.0 Å². The molecule has 0 aliphatic carbocycles. The van der Waals surface area contributed by atoms with E-state index in [1.54, 1.807) is 12.0 Å². The molecule has 1 fully saturated rings. The molecule has 138 valence electrons. The van der Waals surface area contributed by atoms with Crippen LogP contribution in [0.15, 0.2) is 34.8 Å². The van der Waals surface area contributed by atoms with Crippen LogP contribution >= 0.6 is 15.9 Å². The molecule has 1 saturated heterocycles. The van der Waals surface area contributed by atoms with Gasteiger partial charge in [0.1, 0.15) is 11.4 Å². The smallest absolute Gasteiger partial charge is 0.410 e. The van der Waals surface area contributed by atoms with Crippen LogP contribution in [0.1, 0.15) is 32.4 Å². The predicted octanol–water partition coefficient (Wildman–Crippen LogP) is 4.25. The molecule has 3 rings (SSSR count). The molecule has 2 heterocycles. The van der Waals surface area contributed by atoms with E-state index in [0.717, 1.165) is 27.2 Å². The highest BCUT2D eigenvalue weighted by Gasteiger charge is 2.35. The molecular weight excluding hydrogens is 398 g/mol. The lowest BCUT2D eigenvalue weighted by Gasteiger charge is -2.39. The number of rotatable bonds is 3. The Morgan fingerprint density at radius 1 is 1.19 bits per heavy atom. The minimum atomic E-state index is -0.479. The Morgan fingerprint density at radius 2 is 1.92 bits per heavy atom. The molecule has 0 N–H and O–H groups in total. The Kier molecular flexibility index (Phi) is 5.18. The highest BCUT2D eigenvalue weighted by molar-refractivity contribution is 9.10. The van der Waals surface area contributed by atoms with E-state index >= 15 is 0 Å². The fraction of sp³-hybridized carbons (Fsp3) is 0.421. The van der Waals surface area contributed by atoms with Crippen molar-refractivity contribution in [1.29, 1.82) is 0 Å². The first-order chi connectivity index (χ1) is 12.3. The molecule has 7 heteroatoms. The first kappa shape index (κ1) is 18.6. The van der Waals surface area contributed by atoms with Crippen molar-refractivity contribution in [3.05, 3.63) is 40.5 Å². The summed E-state index contributed by atoms with van der Waals surface area (Å²) in [6, 6.07) is 9.68. The van der Waals surface area contributed by atoms with Crippen molar-refractivity contribution in [2.45, 2.75) is 32.3 Å². The Hall–Kier alpha value is -2.15. The molecule has 6 nitrogen and oxygen atoms in total. The summed E-state index contributed by atoms with van der Waals surface area (Å²) in [5, 5.41) is 8.69. The monoisotopic (exact) mass is 419 g/mol. The van der Waals surface area contributed by atoms with E-state index in [-0.39, 0.29) is 12.0 Å². The highest BCUT2D eigenvalue weighted by Crippen LogP contribution is 2.32. The van der Waals surface area contributed by atoms with Gasteiger partial charge in [-0.05, 0) is 51.1 Å². The summed E-state index contributed by atoms with van der Waals surface area (Å²) in [7, 11) is 1.63. The van der Waals surface area contributed by atoms with Gasteiger partial charge in [-0.1, -0.05) is 15.9 Å². The maximum atomic E-state index is 12.0. The minimum absolute atomic E-state index is 0.191. The number of likely N-dealkylation sites (tertiary alicyclic amines) is 1. The van der Waals surface area contributed by atoms with Crippen LogP contribution in [0.2, 0.25) is 0 Å². The van der Waals surface area contributed by atoms with Gasteiger partial charge in [0.05, 0.1) is 18.5 Å². The molecule has 1 aliphatic heterocycles. The standard InChI is InChI=1S/C19H22BrN3O3/c1-19(2,3)26-18(24)23-10-12(11-23)15-7-8-16(22-21-15)14-6-5-13(20)9-17(14)25-4/h5-9,12H,10-11H2,1-4H3. The van der Waals surface area contributed by atoms with Gasteiger partial charge in [-0.3, -0.25) is 0 Å². The summed E-state index contributed by atoms with van der Waals surface area (Å²) < 4.78 is 11.7. The molecule has 1 aromatic carbocycles. The molecule has 1 amide bonds. The third kappa shape index (κ3) is 4.15. The van der Waals surface area contributed by atoms with Crippen molar-refractivity contribution < 1.29 is 14.3 Å². The van der Waals surface area contributed by atoms with Crippen molar-refractivity contribution in [2.75, 3.05) is 20.2 Å². The number of ether oxygens (including phenoxy) is 2. The Bertz CT molecular complexity index is 797. The zero-order valence-corrected chi connectivity index (χ0v) is 16.9. The number of amides is 1. The number of benzene rings is 1. The molecule has 0 radical (unpaired) electrons. The van der Waals surface area contributed by atoms with Gasteiger partial charge < -0.3 is 14.4 Å². The molecular formula is C19H22BrN3O3. The molecule has 2 aromatic rings. The van der Waals surface area contributed by atoms with E-state index < -0.39 is 5.60 Å². The molecule has 0 spiro atoms. The van der Waals surface area contributed by atoms with E-state index in [1.165, 1.54) is 0 Å². The van der Waals surface area contributed by atoms with E-state index in [2.05, 4.69) is 26.1 Å². The van der Waals surface area contributed by atoms with Crippen molar-refractivity contribution in [3.8, 4) is 17.0 Å². The average molecular weight is 420 g/mol. The maximum absolute atomic E-state index is 12.0. The largest absolute Gasteiger partial charge is 0.496 e. The van der Waals surface area contributed by atoms with Gasteiger partial charge in [-0.15, -0.1) is 0 Å². The van der Waals surface area contributed by atoms with Gasteiger partial charge in [0.15, 0.2) is 0 Å². The van der Waals surface area contributed by atoms with Crippen molar-refractivity contribution in [1.82, 2.24) is 15.1 Å². The summed E-state index contributed by atoms with van der Waals surface area (Å²) in [6.07, 6.45) is -0.280. The van der Waals surface area contributed by atoms with Crippen molar-refractivity contribution >= 4 is 22.0 Å². The zero-order chi connectivity index (χ0) is 18.9. The zero-order valence-electron chi connectivity index (χ0n) is 15.3. The second-order valence-electron chi connectivity index (χ2n) is 7.27. The van der Waals surface area contributed by atoms with Gasteiger partial charge in [-0.2, -0.15) is 10.2 Å². The molecule has 0 saturated carbocycles. The van der Waals surface area contributed by atoms with Crippen LogP contribution in [0.4, 0.5) is 4.79 Å². The first-order valence-corrected chi connectivity index (χ1v) is 9.21. The molecule has 1 aliphatic rings. The number of methoxy groups -OCH3 is 1. The predicted molar refractivity (Wildman–Crippen MR) is 102 cm³/mol. The molecule has 0 bridgehead atoms. The van der Waals surface area contributed by atoms with Crippen LogP contribution in [-0.4, -0.2) is 47.0 Å². The normalized spacial score (nSPS) is 14.7. The average Bonchev–Trinajstić information content (AvgIpc) is 2.52. The third-order valence-electron chi connectivity index (χ3n) is 4.08. The van der Waals surface area contributed by atoms with Crippen LogP contribution in [-0.2, 0) is 4.74 Å². The van der Waals surface area contributed by atoms with Crippen LogP contribution in [0.25, 0.3) is 11.3 Å². The van der Waals surface area contributed by atoms with E-state index in [9.17, 15) is 4.79 Å². The topological polar surface area (TPSA) is 64.5 Å². The van der Waals surface area contributed by atoms with Gasteiger partial charge in [-0.25, -0.2) is 4.79 Å².